The van der Waals surface area contributed by atoms with E-state index in [-0.39, 0.29) is 6.61 Å². The molecule has 1 aliphatic heterocycles. The first-order valence-corrected chi connectivity index (χ1v) is 7.18. The Morgan fingerprint density at radius 1 is 1.56 bits per heavy atom. The van der Waals surface area contributed by atoms with E-state index in [9.17, 15) is 0 Å². The minimum Gasteiger partial charge on any atom is -0.396 e. The van der Waals surface area contributed by atoms with Crippen molar-refractivity contribution >= 4 is 17.6 Å². The van der Waals surface area contributed by atoms with Crippen LogP contribution in [0.1, 0.15) is 18.4 Å². The molecule has 0 radical (unpaired) electrons. The first kappa shape index (κ1) is 13.1. The van der Waals surface area contributed by atoms with Crippen molar-refractivity contribution in [1.29, 1.82) is 5.26 Å². The Bertz CT molecular complexity index is 452. The molecule has 1 N–H and O–H groups in total. The highest BCUT2D eigenvalue weighted by molar-refractivity contribution is 7.98. The molecule has 6 heteroatoms. The predicted molar refractivity (Wildman–Crippen MR) is 70.6 cm³/mol. The van der Waals surface area contributed by atoms with Gasteiger partial charge < -0.3 is 10.0 Å². The minimum absolute atomic E-state index is 0.249. The molecule has 96 valence electrons. The molecule has 0 bridgehead atoms. The van der Waals surface area contributed by atoms with Crippen molar-refractivity contribution in [1.82, 2.24) is 9.97 Å². The molecule has 1 fully saturated rings. The van der Waals surface area contributed by atoms with Gasteiger partial charge in [0, 0.05) is 19.7 Å². The summed E-state index contributed by atoms with van der Waals surface area (Å²) in [4.78, 5) is 10.7. The van der Waals surface area contributed by atoms with Gasteiger partial charge in [-0.1, -0.05) is 11.8 Å². The van der Waals surface area contributed by atoms with E-state index in [1.54, 1.807) is 6.20 Å². The Kier molecular flexibility index (Phi) is 4.39. The maximum Gasteiger partial charge on any atom is 0.189 e. The number of aromatic nitrogens is 2. The van der Waals surface area contributed by atoms with E-state index in [4.69, 9.17) is 10.4 Å². The smallest absolute Gasteiger partial charge is 0.189 e. The van der Waals surface area contributed by atoms with E-state index in [0.717, 1.165) is 31.7 Å². The maximum absolute atomic E-state index is 9.13. The summed E-state index contributed by atoms with van der Waals surface area (Å²) in [7, 11) is 0. The van der Waals surface area contributed by atoms with Gasteiger partial charge in [-0.2, -0.15) is 5.26 Å². The molecule has 0 saturated carbocycles. The summed E-state index contributed by atoms with van der Waals surface area (Å²) < 4.78 is 0. The molecule has 18 heavy (non-hydrogen) atoms. The van der Waals surface area contributed by atoms with Crippen LogP contribution in [0.4, 0.5) is 5.82 Å². The lowest BCUT2D eigenvalue weighted by molar-refractivity contribution is 0.202. The topological polar surface area (TPSA) is 73.0 Å². The maximum atomic E-state index is 9.13. The highest BCUT2D eigenvalue weighted by Crippen LogP contribution is 2.25. The van der Waals surface area contributed by atoms with E-state index < -0.39 is 0 Å². The van der Waals surface area contributed by atoms with Crippen LogP contribution in [0, 0.1) is 17.2 Å². The van der Waals surface area contributed by atoms with Gasteiger partial charge in [0.15, 0.2) is 11.0 Å². The first-order valence-electron chi connectivity index (χ1n) is 5.95. The zero-order valence-electron chi connectivity index (χ0n) is 10.3. The van der Waals surface area contributed by atoms with Crippen molar-refractivity contribution in [2.24, 2.45) is 5.92 Å². The lowest BCUT2D eigenvalue weighted by Gasteiger charge is -2.32. The number of nitriles is 1. The fraction of sp³-hybridized carbons (Fsp3) is 0.583. The molecule has 2 heterocycles. The summed E-state index contributed by atoms with van der Waals surface area (Å²) in [6.45, 7) is 1.92. The quantitative estimate of drug-likeness (QED) is 0.655. The molecule has 1 saturated heterocycles. The van der Waals surface area contributed by atoms with Gasteiger partial charge >= 0.3 is 0 Å². The monoisotopic (exact) mass is 264 g/mol. The summed E-state index contributed by atoms with van der Waals surface area (Å²) in [5, 5.41) is 18.9. The fourth-order valence-electron chi connectivity index (χ4n) is 2.10. The summed E-state index contributed by atoms with van der Waals surface area (Å²) >= 11 is 1.47. The molecule has 0 unspecified atom stereocenters. The summed E-state index contributed by atoms with van der Waals surface area (Å²) in [5.41, 5.74) is 0.523. The number of piperidine rings is 1. The number of thioether (sulfide) groups is 1. The molecule has 0 atom stereocenters. The second kappa shape index (κ2) is 6.03. The standard InChI is InChI=1S/C12H16N4OS/c1-18-12-14-7-10(6-13)11(15-12)16-4-2-9(8-17)3-5-16/h7,9,17H,2-5,8H2,1H3. The molecule has 0 spiro atoms. The lowest BCUT2D eigenvalue weighted by Crippen LogP contribution is -2.35. The zero-order chi connectivity index (χ0) is 13.0. The Morgan fingerprint density at radius 2 is 2.28 bits per heavy atom. The number of rotatable bonds is 3. The van der Waals surface area contributed by atoms with Gasteiger partial charge in [0.2, 0.25) is 0 Å². The van der Waals surface area contributed by atoms with Crippen molar-refractivity contribution < 1.29 is 5.11 Å². The van der Waals surface area contributed by atoms with Gasteiger partial charge in [0.05, 0.1) is 6.20 Å². The van der Waals surface area contributed by atoms with Crippen LogP contribution >= 0.6 is 11.8 Å². The molecular weight excluding hydrogens is 248 g/mol. The van der Waals surface area contributed by atoms with E-state index in [0.29, 0.717) is 16.6 Å². The minimum atomic E-state index is 0.249. The number of anilines is 1. The molecule has 0 amide bonds. The van der Waals surface area contributed by atoms with Crippen LogP contribution in [0.5, 0.6) is 0 Å². The van der Waals surface area contributed by atoms with Gasteiger partial charge in [-0.15, -0.1) is 0 Å². The second-order valence-electron chi connectivity index (χ2n) is 4.32. The van der Waals surface area contributed by atoms with Crippen molar-refractivity contribution in [2.75, 3.05) is 30.9 Å². The normalized spacial score (nSPS) is 16.6. The third kappa shape index (κ3) is 2.74. The summed E-state index contributed by atoms with van der Waals surface area (Å²) in [5.74, 6) is 1.11. The van der Waals surface area contributed by atoms with Crippen molar-refractivity contribution in [3.8, 4) is 6.07 Å². The Balaban J connectivity index is 2.20. The van der Waals surface area contributed by atoms with Crippen LogP contribution in [0.3, 0.4) is 0 Å². The van der Waals surface area contributed by atoms with E-state index in [2.05, 4.69) is 20.9 Å². The van der Waals surface area contributed by atoms with Gasteiger partial charge in [0.25, 0.3) is 0 Å². The largest absolute Gasteiger partial charge is 0.396 e. The third-order valence-corrected chi connectivity index (χ3v) is 3.78. The van der Waals surface area contributed by atoms with Crippen LogP contribution in [0.15, 0.2) is 11.4 Å². The molecule has 1 aromatic heterocycles. The van der Waals surface area contributed by atoms with Crippen LogP contribution < -0.4 is 4.90 Å². The van der Waals surface area contributed by atoms with Crippen LogP contribution in [0.25, 0.3) is 0 Å². The SMILES string of the molecule is CSc1ncc(C#N)c(N2CCC(CO)CC2)n1. The number of aliphatic hydroxyl groups is 1. The van der Waals surface area contributed by atoms with Crippen molar-refractivity contribution in [3.05, 3.63) is 11.8 Å². The van der Waals surface area contributed by atoms with E-state index >= 15 is 0 Å². The highest BCUT2D eigenvalue weighted by Gasteiger charge is 2.22. The van der Waals surface area contributed by atoms with Crippen molar-refractivity contribution in [3.63, 3.8) is 0 Å². The molecule has 0 aliphatic carbocycles. The van der Waals surface area contributed by atoms with Gasteiger partial charge in [-0.3, -0.25) is 0 Å². The molecule has 0 aromatic carbocycles. The lowest BCUT2D eigenvalue weighted by atomic mass is 9.98. The van der Waals surface area contributed by atoms with Gasteiger partial charge in [-0.05, 0) is 25.0 Å². The van der Waals surface area contributed by atoms with Gasteiger partial charge in [-0.25, -0.2) is 9.97 Å². The number of hydrogen-bond donors (Lipinski definition) is 1. The number of nitrogens with zero attached hydrogens (tertiary/aromatic N) is 4. The Hall–Kier alpha value is -1.32. The van der Waals surface area contributed by atoms with Crippen molar-refractivity contribution in [2.45, 2.75) is 18.0 Å². The molecule has 1 aromatic rings. The van der Waals surface area contributed by atoms with E-state index in [1.807, 2.05) is 6.26 Å². The van der Waals surface area contributed by atoms with Crippen LogP contribution in [0.2, 0.25) is 0 Å². The van der Waals surface area contributed by atoms with Crippen LogP contribution in [-0.2, 0) is 0 Å². The molecule has 1 aliphatic rings. The predicted octanol–water partition coefficient (Wildman–Crippen LogP) is 1.28. The third-order valence-electron chi connectivity index (χ3n) is 3.22. The highest BCUT2D eigenvalue weighted by atomic mass is 32.2. The Labute approximate surface area is 111 Å². The Morgan fingerprint density at radius 3 is 2.83 bits per heavy atom. The summed E-state index contributed by atoms with van der Waals surface area (Å²) in [6.07, 6.45) is 5.40. The zero-order valence-corrected chi connectivity index (χ0v) is 11.2. The fourth-order valence-corrected chi connectivity index (χ4v) is 2.44. The average Bonchev–Trinajstić information content (AvgIpc) is 2.46. The second-order valence-corrected chi connectivity index (χ2v) is 5.09. The average molecular weight is 264 g/mol. The van der Waals surface area contributed by atoms with Gasteiger partial charge in [0.1, 0.15) is 11.6 Å². The first-order chi connectivity index (χ1) is 8.78. The summed E-state index contributed by atoms with van der Waals surface area (Å²) in [6, 6.07) is 2.14. The molecule has 5 nitrogen and oxygen atoms in total. The number of hydrogen-bond acceptors (Lipinski definition) is 6. The molecule has 2 rings (SSSR count). The number of aliphatic hydroxyl groups excluding tert-OH is 1. The molecular formula is C12H16N4OS. The van der Waals surface area contributed by atoms with E-state index in [1.165, 1.54) is 11.8 Å². The van der Waals surface area contributed by atoms with Crippen LogP contribution in [-0.4, -0.2) is 41.0 Å².